The zero-order valence-corrected chi connectivity index (χ0v) is 16.3. The molecule has 0 aromatic heterocycles. The molecule has 5 heteroatoms. The molecular formula is C19H24ClO3P. The minimum Gasteiger partial charge on any atom is -0.497 e. The van der Waals surface area contributed by atoms with Crippen LogP contribution < -0.4 is 14.2 Å². The Labute approximate surface area is 150 Å². The summed E-state index contributed by atoms with van der Waals surface area (Å²) in [5.74, 6) is 2.14. The molecule has 2 aromatic carbocycles. The Bertz CT molecular complexity index is 657. The number of hydrogen-bond donors (Lipinski definition) is 0. The van der Waals surface area contributed by atoms with Crippen molar-refractivity contribution in [2.24, 2.45) is 0 Å². The predicted octanol–water partition coefficient (Wildman–Crippen LogP) is 5.74. The molecule has 0 aliphatic rings. The van der Waals surface area contributed by atoms with Crippen molar-refractivity contribution < 1.29 is 14.2 Å². The molecule has 0 saturated carbocycles. The van der Waals surface area contributed by atoms with E-state index in [1.807, 2.05) is 42.5 Å². The molecule has 0 aliphatic carbocycles. The average Bonchev–Trinajstić information content (AvgIpc) is 2.65. The van der Waals surface area contributed by atoms with Crippen molar-refractivity contribution >= 4 is 19.2 Å². The van der Waals surface area contributed by atoms with E-state index >= 15 is 0 Å². The molecule has 130 valence electrons. The van der Waals surface area contributed by atoms with E-state index in [9.17, 15) is 0 Å². The van der Waals surface area contributed by atoms with Crippen LogP contribution in [-0.4, -0.2) is 14.2 Å². The van der Waals surface area contributed by atoms with Gasteiger partial charge in [0.2, 0.25) is 0 Å². The molecule has 3 nitrogen and oxygen atoms in total. The first-order valence-electron chi connectivity index (χ1n) is 7.89. The number of benzene rings is 2. The van der Waals surface area contributed by atoms with E-state index < -0.39 is 0 Å². The van der Waals surface area contributed by atoms with Crippen LogP contribution in [-0.2, 0) is 11.8 Å². The van der Waals surface area contributed by atoms with Crippen molar-refractivity contribution in [3.63, 3.8) is 0 Å². The van der Waals surface area contributed by atoms with Gasteiger partial charge in [0.05, 0.1) is 14.2 Å². The first kappa shape index (κ1) is 18.9. The Morgan fingerprint density at radius 3 is 2.33 bits per heavy atom. The highest BCUT2D eigenvalue weighted by atomic mass is 35.7. The van der Waals surface area contributed by atoms with E-state index in [2.05, 4.69) is 13.8 Å². The van der Waals surface area contributed by atoms with Gasteiger partial charge < -0.3 is 14.2 Å². The molecule has 2 atom stereocenters. The maximum absolute atomic E-state index is 6.31. The van der Waals surface area contributed by atoms with Crippen molar-refractivity contribution in [2.75, 3.05) is 14.2 Å². The summed E-state index contributed by atoms with van der Waals surface area (Å²) >= 11 is 6.31. The number of rotatable bonds is 8. The van der Waals surface area contributed by atoms with Crippen LogP contribution in [0, 0.1) is 0 Å². The second-order valence-corrected chi connectivity index (χ2v) is 7.62. The molecule has 0 radical (unpaired) electrons. The lowest BCUT2D eigenvalue weighted by atomic mass is 9.95. The fraction of sp³-hybridized carbons (Fsp3) is 0.368. The summed E-state index contributed by atoms with van der Waals surface area (Å²) in [6, 6.07) is 13.9. The molecule has 0 bridgehead atoms. The summed E-state index contributed by atoms with van der Waals surface area (Å²) in [6.07, 6.45) is 0.896. The lowest BCUT2D eigenvalue weighted by Gasteiger charge is -2.29. The second kappa shape index (κ2) is 8.60. The van der Waals surface area contributed by atoms with Gasteiger partial charge in [0.25, 0.3) is 0 Å². The first-order chi connectivity index (χ1) is 11.6. The lowest BCUT2D eigenvalue weighted by molar-refractivity contribution is 0.277. The average molecular weight is 367 g/mol. The molecule has 0 heterocycles. The SMILES string of the molecule is CCC(C)(PCl)c1cc(OC)cc(OC)c1OCc1ccccc1. The van der Waals surface area contributed by atoms with E-state index in [1.165, 1.54) is 0 Å². The maximum atomic E-state index is 6.31. The molecule has 2 aromatic rings. The highest BCUT2D eigenvalue weighted by Gasteiger charge is 2.30. The minimum absolute atomic E-state index is 0.199. The van der Waals surface area contributed by atoms with Crippen molar-refractivity contribution in [3.05, 3.63) is 53.6 Å². The smallest absolute Gasteiger partial charge is 0.166 e. The van der Waals surface area contributed by atoms with E-state index in [0.717, 1.165) is 29.0 Å². The van der Waals surface area contributed by atoms with Crippen molar-refractivity contribution in [2.45, 2.75) is 32.0 Å². The van der Waals surface area contributed by atoms with Crippen molar-refractivity contribution in [3.8, 4) is 17.2 Å². The molecule has 2 unspecified atom stereocenters. The van der Waals surface area contributed by atoms with Crippen LogP contribution in [0.4, 0.5) is 0 Å². The molecule has 0 aliphatic heterocycles. The Morgan fingerprint density at radius 1 is 1.08 bits per heavy atom. The molecule has 24 heavy (non-hydrogen) atoms. The quantitative estimate of drug-likeness (QED) is 0.557. The summed E-state index contributed by atoms with van der Waals surface area (Å²) in [7, 11) is 3.51. The van der Waals surface area contributed by atoms with Crippen LogP contribution in [0.2, 0.25) is 0 Å². The molecular weight excluding hydrogens is 343 g/mol. The summed E-state index contributed by atoms with van der Waals surface area (Å²) < 4.78 is 17.1. The normalized spacial score (nSPS) is 13.7. The van der Waals surface area contributed by atoms with Gasteiger partial charge in [0.1, 0.15) is 12.4 Å². The molecule has 0 saturated heterocycles. The highest BCUT2D eigenvalue weighted by molar-refractivity contribution is 7.69. The topological polar surface area (TPSA) is 27.7 Å². The third-order valence-electron chi connectivity index (χ3n) is 4.22. The highest BCUT2D eigenvalue weighted by Crippen LogP contribution is 2.53. The number of ether oxygens (including phenoxy) is 3. The van der Waals surface area contributed by atoms with Crippen molar-refractivity contribution in [1.29, 1.82) is 0 Å². The van der Waals surface area contributed by atoms with Gasteiger partial charge in [-0.05, 0) is 26.0 Å². The molecule has 2 rings (SSSR count). The standard InChI is InChI=1S/C19H24ClO3P/c1-5-19(2,24-20)16-11-15(21-3)12-17(22-4)18(16)23-13-14-9-7-6-8-10-14/h6-12,24H,5,13H2,1-4H3. The fourth-order valence-electron chi connectivity index (χ4n) is 2.44. The summed E-state index contributed by atoms with van der Waals surface area (Å²) in [5, 5.41) is -0.199. The number of hydrogen-bond acceptors (Lipinski definition) is 3. The lowest BCUT2D eigenvalue weighted by Crippen LogP contribution is -2.16. The molecule has 0 spiro atoms. The minimum atomic E-state index is -0.199. The first-order valence-corrected chi connectivity index (χ1v) is 9.90. The summed E-state index contributed by atoms with van der Waals surface area (Å²) in [6.45, 7) is 4.74. The zero-order chi connectivity index (χ0) is 17.6. The van der Waals surface area contributed by atoms with Gasteiger partial charge in [-0.1, -0.05) is 55.4 Å². The predicted molar refractivity (Wildman–Crippen MR) is 102 cm³/mol. The van der Waals surface area contributed by atoms with Crippen LogP contribution in [0.5, 0.6) is 17.2 Å². The van der Waals surface area contributed by atoms with Gasteiger partial charge in [-0.15, -0.1) is 0 Å². The van der Waals surface area contributed by atoms with Crippen LogP contribution in [0.1, 0.15) is 31.4 Å². The van der Waals surface area contributed by atoms with E-state index in [4.69, 9.17) is 25.5 Å². The van der Waals surface area contributed by atoms with Crippen LogP contribution >= 0.6 is 19.2 Å². The van der Waals surface area contributed by atoms with E-state index in [-0.39, 0.29) is 13.1 Å². The largest absolute Gasteiger partial charge is 0.497 e. The fourth-order valence-corrected chi connectivity index (χ4v) is 3.57. The van der Waals surface area contributed by atoms with Gasteiger partial charge in [0.15, 0.2) is 11.5 Å². The van der Waals surface area contributed by atoms with Gasteiger partial charge in [-0.3, -0.25) is 0 Å². The van der Waals surface area contributed by atoms with Crippen LogP contribution in [0.25, 0.3) is 0 Å². The second-order valence-electron chi connectivity index (χ2n) is 5.76. The Hall–Kier alpha value is -1.44. The Balaban J connectivity index is 2.46. The van der Waals surface area contributed by atoms with Crippen molar-refractivity contribution in [1.82, 2.24) is 0 Å². The Morgan fingerprint density at radius 2 is 1.79 bits per heavy atom. The molecule has 0 amide bonds. The number of methoxy groups -OCH3 is 2. The summed E-state index contributed by atoms with van der Waals surface area (Å²) in [4.78, 5) is 0. The zero-order valence-electron chi connectivity index (χ0n) is 14.6. The molecule has 0 fully saturated rings. The molecule has 0 N–H and O–H groups in total. The van der Waals surface area contributed by atoms with E-state index in [0.29, 0.717) is 12.4 Å². The Kier molecular flexibility index (Phi) is 6.77. The maximum Gasteiger partial charge on any atom is 0.166 e. The van der Waals surface area contributed by atoms with Crippen LogP contribution in [0.3, 0.4) is 0 Å². The van der Waals surface area contributed by atoms with Gasteiger partial charge in [-0.2, -0.15) is 0 Å². The van der Waals surface area contributed by atoms with E-state index in [1.54, 1.807) is 14.2 Å². The van der Waals surface area contributed by atoms with Gasteiger partial charge >= 0.3 is 0 Å². The number of halogens is 1. The van der Waals surface area contributed by atoms with Gasteiger partial charge in [0, 0.05) is 16.8 Å². The van der Waals surface area contributed by atoms with Gasteiger partial charge in [-0.25, -0.2) is 0 Å². The third kappa shape index (κ3) is 4.15. The third-order valence-corrected chi connectivity index (χ3v) is 6.51. The monoisotopic (exact) mass is 366 g/mol. The van der Waals surface area contributed by atoms with Crippen LogP contribution in [0.15, 0.2) is 42.5 Å². The summed E-state index contributed by atoms with van der Waals surface area (Å²) in [5.41, 5.74) is 2.12.